The molecule has 0 aliphatic carbocycles. The number of rotatable bonds is 3. The predicted molar refractivity (Wildman–Crippen MR) is 72.6 cm³/mol. The van der Waals surface area contributed by atoms with Crippen molar-refractivity contribution in [3.63, 3.8) is 0 Å². The van der Waals surface area contributed by atoms with Gasteiger partial charge in [-0.3, -0.25) is 0 Å². The summed E-state index contributed by atoms with van der Waals surface area (Å²) in [5, 5.41) is 2.94. The minimum absolute atomic E-state index is 0.192. The van der Waals surface area contributed by atoms with Gasteiger partial charge >= 0.3 is 0 Å². The molecule has 0 aliphatic heterocycles. The molecule has 18 heavy (non-hydrogen) atoms. The van der Waals surface area contributed by atoms with E-state index < -0.39 is 5.82 Å². The molecule has 0 saturated carbocycles. The Morgan fingerprint density at radius 2 is 2.17 bits per heavy atom. The molecule has 2 aromatic rings. The van der Waals surface area contributed by atoms with Crippen molar-refractivity contribution >= 4 is 33.1 Å². The van der Waals surface area contributed by atoms with Crippen molar-refractivity contribution in [3.05, 3.63) is 40.8 Å². The summed E-state index contributed by atoms with van der Waals surface area (Å²) in [4.78, 5) is 4.11. The van der Waals surface area contributed by atoms with Crippen molar-refractivity contribution in [2.45, 2.75) is 0 Å². The van der Waals surface area contributed by atoms with Gasteiger partial charge in [-0.25, -0.2) is 9.37 Å². The number of hydrogen-bond donors (Lipinski definition) is 2. The van der Waals surface area contributed by atoms with Gasteiger partial charge in [0.2, 0.25) is 0 Å². The highest BCUT2D eigenvalue weighted by Gasteiger charge is 2.06. The van der Waals surface area contributed by atoms with Crippen molar-refractivity contribution in [2.24, 2.45) is 0 Å². The fraction of sp³-hybridized carbons (Fsp3) is 0.0833. The Bertz CT molecular complexity index is 577. The van der Waals surface area contributed by atoms with Gasteiger partial charge in [0.05, 0.1) is 12.8 Å². The maximum atomic E-state index is 13.5. The van der Waals surface area contributed by atoms with Crippen LogP contribution in [-0.4, -0.2) is 12.1 Å². The molecule has 1 aromatic carbocycles. The maximum Gasteiger partial charge on any atom is 0.167 e. The summed E-state index contributed by atoms with van der Waals surface area (Å²) < 4.78 is 19.1. The van der Waals surface area contributed by atoms with E-state index in [9.17, 15) is 4.39 Å². The Hall–Kier alpha value is -1.82. The average Bonchev–Trinajstić information content (AvgIpc) is 2.33. The molecular formula is C12H11BrFN3O. The molecule has 0 radical (unpaired) electrons. The lowest BCUT2D eigenvalue weighted by molar-refractivity contribution is 0.386. The number of anilines is 3. The predicted octanol–water partition coefficient (Wildman–Crippen LogP) is 3.32. The number of halogens is 2. The van der Waals surface area contributed by atoms with Crippen LogP contribution in [0, 0.1) is 5.82 Å². The number of hydrogen-bond acceptors (Lipinski definition) is 4. The highest BCUT2D eigenvalue weighted by molar-refractivity contribution is 9.10. The largest absolute Gasteiger partial charge is 0.494 e. The number of methoxy groups -OCH3 is 1. The molecule has 4 nitrogen and oxygen atoms in total. The second-order valence-electron chi connectivity index (χ2n) is 3.57. The van der Waals surface area contributed by atoms with Crippen LogP contribution in [0.1, 0.15) is 0 Å². The van der Waals surface area contributed by atoms with Crippen LogP contribution in [0.2, 0.25) is 0 Å². The van der Waals surface area contributed by atoms with E-state index in [4.69, 9.17) is 10.5 Å². The zero-order chi connectivity index (χ0) is 13.1. The lowest BCUT2D eigenvalue weighted by Crippen LogP contribution is -1.99. The lowest BCUT2D eigenvalue weighted by atomic mass is 10.3. The second kappa shape index (κ2) is 5.22. The first kappa shape index (κ1) is 12.6. The quantitative estimate of drug-likeness (QED) is 0.913. The molecule has 0 fully saturated rings. The second-order valence-corrected chi connectivity index (χ2v) is 4.48. The molecule has 1 heterocycles. The number of nitrogens with one attached hydrogen (secondary N) is 1. The van der Waals surface area contributed by atoms with Crippen LogP contribution >= 0.6 is 15.9 Å². The molecule has 6 heteroatoms. The number of pyridine rings is 1. The fourth-order valence-corrected chi connectivity index (χ4v) is 1.79. The standard InChI is InChI=1S/C12H11BrFN3O/c1-18-11-3-2-8(5-9(11)14)17-12-10(15)4-7(13)6-16-12/h2-6H,15H2,1H3,(H,16,17). The van der Waals surface area contributed by atoms with Gasteiger partial charge in [-0.2, -0.15) is 0 Å². The van der Waals surface area contributed by atoms with Crippen LogP contribution in [-0.2, 0) is 0 Å². The van der Waals surface area contributed by atoms with Crippen LogP contribution in [0.15, 0.2) is 34.9 Å². The molecule has 0 amide bonds. The normalized spacial score (nSPS) is 10.2. The molecule has 0 unspecified atom stereocenters. The molecule has 2 rings (SSSR count). The van der Waals surface area contributed by atoms with E-state index in [0.29, 0.717) is 17.2 Å². The third-order valence-corrected chi connectivity index (χ3v) is 2.73. The Kier molecular flexibility index (Phi) is 3.66. The summed E-state index contributed by atoms with van der Waals surface area (Å²) in [6.45, 7) is 0. The highest BCUT2D eigenvalue weighted by atomic mass is 79.9. The summed E-state index contributed by atoms with van der Waals surface area (Å²) in [7, 11) is 1.42. The van der Waals surface area contributed by atoms with Gasteiger partial charge in [-0.15, -0.1) is 0 Å². The maximum absolute atomic E-state index is 13.5. The minimum atomic E-state index is -0.446. The summed E-state index contributed by atoms with van der Waals surface area (Å²) in [6, 6.07) is 6.26. The Balaban J connectivity index is 2.26. The summed E-state index contributed by atoms with van der Waals surface area (Å²) >= 11 is 3.27. The molecule has 94 valence electrons. The van der Waals surface area contributed by atoms with Crippen LogP contribution in [0.4, 0.5) is 21.6 Å². The summed E-state index contributed by atoms with van der Waals surface area (Å²) in [5.41, 5.74) is 6.81. The van der Waals surface area contributed by atoms with Crippen LogP contribution in [0.5, 0.6) is 5.75 Å². The van der Waals surface area contributed by atoms with Crippen molar-refractivity contribution in [1.82, 2.24) is 4.98 Å². The van der Waals surface area contributed by atoms with E-state index in [1.807, 2.05) is 0 Å². The van der Waals surface area contributed by atoms with Gasteiger partial charge in [0, 0.05) is 22.4 Å². The SMILES string of the molecule is COc1ccc(Nc2ncc(Br)cc2N)cc1F. The first-order chi connectivity index (χ1) is 8.60. The molecular weight excluding hydrogens is 301 g/mol. The third kappa shape index (κ3) is 2.70. The Morgan fingerprint density at radius 3 is 2.78 bits per heavy atom. The van der Waals surface area contributed by atoms with Crippen LogP contribution in [0.3, 0.4) is 0 Å². The lowest BCUT2D eigenvalue weighted by Gasteiger charge is -2.09. The van der Waals surface area contributed by atoms with Gasteiger partial charge < -0.3 is 15.8 Å². The van der Waals surface area contributed by atoms with E-state index in [2.05, 4.69) is 26.2 Å². The monoisotopic (exact) mass is 311 g/mol. The zero-order valence-electron chi connectivity index (χ0n) is 9.58. The topological polar surface area (TPSA) is 60.2 Å². The Morgan fingerprint density at radius 1 is 1.39 bits per heavy atom. The number of nitrogens with two attached hydrogens (primary N) is 1. The van der Waals surface area contributed by atoms with Crippen molar-refractivity contribution < 1.29 is 9.13 Å². The van der Waals surface area contributed by atoms with E-state index in [1.165, 1.54) is 19.2 Å². The van der Waals surface area contributed by atoms with Gasteiger partial charge in [0.1, 0.15) is 0 Å². The number of ether oxygens (including phenoxy) is 1. The van der Waals surface area contributed by atoms with Gasteiger partial charge in [0.15, 0.2) is 17.4 Å². The van der Waals surface area contributed by atoms with Crippen LogP contribution in [0.25, 0.3) is 0 Å². The van der Waals surface area contributed by atoms with Crippen molar-refractivity contribution in [3.8, 4) is 5.75 Å². The van der Waals surface area contributed by atoms with E-state index in [1.54, 1.807) is 18.3 Å². The minimum Gasteiger partial charge on any atom is -0.494 e. The van der Waals surface area contributed by atoms with Crippen molar-refractivity contribution in [1.29, 1.82) is 0 Å². The molecule has 3 N–H and O–H groups in total. The molecule has 0 spiro atoms. The van der Waals surface area contributed by atoms with Gasteiger partial charge in [-0.05, 0) is 34.1 Å². The molecule has 1 aromatic heterocycles. The molecule has 0 aliphatic rings. The molecule has 0 saturated heterocycles. The number of nitrogens with zero attached hydrogens (tertiary/aromatic N) is 1. The van der Waals surface area contributed by atoms with Gasteiger partial charge in [0.25, 0.3) is 0 Å². The smallest absolute Gasteiger partial charge is 0.167 e. The van der Waals surface area contributed by atoms with Crippen molar-refractivity contribution in [2.75, 3.05) is 18.2 Å². The third-order valence-electron chi connectivity index (χ3n) is 2.30. The average molecular weight is 312 g/mol. The van der Waals surface area contributed by atoms with Crippen LogP contribution < -0.4 is 15.8 Å². The van der Waals surface area contributed by atoms with E-state index >= 15 is 0 Å². The Labute approximate surface area is 112 Å². The zero-order valence-corrected chi connectivity index (χ0v) is 11.2. The van der Waals surface area contributed by atoms with E-state index in [0.717, 1.165) is 4.47 Å². The first-order valence-electron chi connectivity index (χ1n) is 5.11. The number of aromatic nitrogens is 1. The molecule has 0 bridgehead atoms. The van der Waals surface area contributed by atoms with Gasteiger partial charge in [-0.1, -0.05) is 0 Å². The molecule has 0 atom stereocenters. The summed E-state index contributed by atoms with van der Waals surface area (Å²) in [5.74, 6) is 0.221. The number of benzene rings is 1. The highest BCUT2D eigenvalue weighted by Crippen LogP contribution is 2.26. The number of nitrogen functional groups attached to an aromatic ring is 1. The first-order valence-corrected chi connectivity index (χ1v) is 5.91. The fourth-order valence-electron chi connectivity index (χ4n) is 1.44. The summed E-state index contributed by atoms with van der Waals surface area (Å²) in [6.07, 6.45) is 1.61. The van der Waals surface area contributed by atoms with E-state index in [-0.39, 0.29) is 5.75 Å².